The molecule has 0 spiro atoms. The van der Waals surface area contributed by atoms with Gasteiger partial charge in [-0.25, -0.2) is 18.1 Å². The highest BCUT2D eigenvalue weighted by atomic mass is 35.5. The van der Waals surface area contributed by atoms with Gasteiger partial charge in [-0.3, -0.25) is 0 Å². The summed E-state index contributed by atoms with van der Waals surface area (Å²) in [6.45, 7) is 2.16. The summed E-state index contributed by atoms with van der Waals surface area (Å²) in [7, 11) is -1.66. The van der Waals surface area contributed by atoms with Crippen molar-refractivity contribution >= 4 is 44.8 Å². The van der Waals surface area contributed by atoms with Crippen LogP contribution in [0.3, 0.4) is 0 Å². The number of halogens is 1. The molecule has 1 aliphatic carbocycles. The molecule has 0 bridgehead atoms. The quantitative estimate of drug-likeness (QED) is 0.419. The van der Waals surface area contributed by atoms with E-state index in [0.29, 0.717) is 22.5 Å². The van der Waals surface area contributed by atoms with Crippen LogP contribution in [-0.2, 0) is 16.6 Å². The van der Waals surface area contributed by atoms with E-state index in [1.54, 1.807) is 25.4 Å². The molecule has 32 heavy (non-hydrogen) atoms. The van der Waals surface area contributed by atoms with Crippen LogP contribution >= 0.6 is 11.6 Å². The Kier molecular flexibility index (Phi) is 6.50. The fourth-order valence-electron chi connectivity index (χ4n) is 3.08. The van der Waals surface area contributed by atoms with E-state index in [9.17, 15) is 8.42 Å². The molecule has 3 N–H and O–H groups in total. The van der Waals surface area contributed by atoms with Gasteiger partial charge < -0.3 is 15.4 Å². The van der Waals surface area contributed by atoms with Gasteiger partial charge in [0.15, 0.2) is 0 Å². The molecule has 0 amide bonds. The molecule has 1 heterocycles. The fraction of sp³-hybridized carbons (Fsp3) is 0.273. The molecule has 168 valence electrons. The van der Waals surface area contributed by atoms with Crippen LogP contribution in [0.4, 0.5) is 23.1 Å². The van der Waals surface area contributed by atoms with E-state index >= 15 is 0 Å². The highest BCUT2D eigenvalue weighted by Crippen LogP contribution is 2.29. The Morgan fingerprint density at radius 2 is 1.91 bits per heavy atom. The van der Waals surface area contributed by atoms with E-state index in [2.05, 4.69) is 25.3 Å². The first-order chi connectivity index (χ1) is 15.3. The third kappa shape index (κ3) is 5.48. The first kappa shape index (κ1) is 22.3. The molecule has 1 saturated carbocycles. The summed E-state index contributed by atoms with van der Waals surface area (Å²) in [5.74, 6) is 1.63. The van der Waals surface area contributed by atoms with Crippen molar-refractivity contribution in [2.45, 2.75) is 31.6 Å². The first-order valence-corrected chi connectivity index (χ1v) is 12.0. The molecule has 8 nitrogen and oxygen atoms in total. The molecule has 0 aliphatic heterocycles. The van der Waals surface area contributed by atoms with Crippen LogP contribution in [0.25, 0.3) is 0 Å². The molecule has 0 radical (unpaired) electrons. The maximum absolute atomic E-state index is 12.1. The Morgan fingerprint density at radius 1 is 1.12 bits per heavy atom. The average molecular weight is 474 g/mol. The Labute approximate surface area is 192 Å². The second-order valence-corrected chi connectivity index (χ2v) is 10.0. The van der Waals surface area contributed by atoms with Crippen molar-refractivity contribution < 1.29 is 13.2 Å². The van der Waals surface area contributed by atoms with Gasteiger partial charge in [-0.15, -0.1) is 0 Å². The van der Waals surface area contributed by atoms with E-state index in [4.69, 9.17) is 16.3 Å². The number of hydrogen-bond acceptors (Lipinski definition) is 7. The minimum Gasteiger partial charge on any atom is -0.495 e. The van der Waals surface area contributed by atoms with Gasteiger partial charge >= 0.3 is 0 Å². The lowest BCUT2D eigenvalue weighted by atomic mass is 10.2. The average Bonchev–Trinajstić information content (AvgIpc) is 3.62. The van der Waals surface area contributed by atoms with Gasteiger partial charge in [0.25, 0.3) is 0 Å². The number of sulfonamides is 1. The third-order valence-corrected chi connectivity index (χ3v) is 7.20. The maximum Gasteiger partial charge on any atom is 0.229 e. The first-order valence-electron chi connectivity index (χ1n) is 10.1. The Hall–Kier alpha value is -2.88. The lowest BCUT2D eigenvalue weighted by Gasteiger charge is -2.13. The molecule has 0 unspecified atom stereocenters. The summed E-state index contributed by atoms with van der Waals surface area (Å²) in [6.07, 6.45) is 3.20. The van der Waals surface area contributed by atoms with E-state index in [-0.39, 0.29) is 11.8 Å². The smallest absolute Gasteiger partial charge is 0.229 e. The van der Waals surface area contributed by atoms with Gasteiger partial charge in [0.05, 0.1) is 17.4 Å². The third-order valence-electron chi connectivity index (χ3n) is 5.01. The highest BCUT2D eigenvalue weighted by molar-refractivity contribution is 7.90. The second-order valence-electron chi connectivity index (χ2n) is 7.59. The summed E-state index contributed by atoms with van der Waals surface area (Å²) >= 11 is 6.19. The van der Waals surface area contributed by atoms with Gasteiger partial charge in [-0.05, 0) is 55.7 Å². The topological polar surface area (TPSA) is 105 Å². The Bertz CT molecular complexity index is 1230. The number of methoxy groups -OCH3 is 1. The SMILES string of the molecule is COc1ccc(Nc2ncc(C)c(Nc3cccc(CNS(=O)(=O)C4CC4)c3)n2)cc1Cl. The Morgan fingerprint density at radius 3 is 2.62 bits per heavy atom. The largest absolute Gasteiger partial charge is 0.495 e. The molecule has 1 aromatic heterocycles. The number of hydrogen-bond donors (Lipinski definition) is 3. The summed E-state index contributed by atoms with van der Waals surface area (Å²) in [5.41, 5.74) is 3.25. The van der Waals surface area contributed by atoms with Gasteiger partial charge in [0.2, 0.25) is 16.0 Å². The van der Waals surface area contributed by atoms with Crippen LogP contribution in [0.2, 0.25) is 5.02 Å². The van der Waals surface area contributed by atoms with Gasteiger partial charge in [-0.2, -0.15) is 4.98 Å². The fourth-order valence-corrected chi connectivity index (χ4v) is 4.70. The predicted octanol–water partition coefficient (Wildman–Crippen LogP) is 4.52. The summed E-state index contributed by atoms with van der Waals surface area (Å²) < 4.78 is 32.0. The maximum atomic E-state index is 12.1. The number of nitrogens with zero attached hydrogens (tertiary/aromatic N) is 2. The normalized spacial score (nSPS) is 13.6. The summed E-state index contributed by atoms with van der Waals surface area (Å²) in [4.78, 5) is 8.89. The zero-order chi connectivity index (χ0) is 22.7. The molecule has 10 heteroatoms. The number of aryl methyl sites for hydroxylation is 1. The standard InChI is InChI=1S/C22H24ClN5O3S/c1-14-12-24-22(27-17-6-9-20(31-2)19(23)11-17)28-21(14)26-16-5-3-4-15(10-16)13-25-32(29,30)18-7-8-18/h3-6,9-12,18,25H,7-8,13H2,1-2H3,(H2,24,26,27,28). The van der Waals surface area contributed by atoms with Crippen LogP contribution in [0.5, 0.6) is 5.75 Å². The van der Waals surface area contributed by atoms with E-state index in [1.807, 2.05) is 37.3 Å². The van der Waals surface area contributed by atoms with Crippen molar-refractivity contribution in [1.29, 1.82) is 0 Å². The molecular weight excluding hydrogens is 450 g/mol. The van der Waals surface area contributed by atoms with Crippen molar-refractivity contribution in [2.24, 2.45) is 0 Å². The number of anilines is 4. The molecule has 0 atom stereocenters. The zero-order valence-electron chi connectivity index (χ0n) is 17.7. The minimum atomic E-state index is -3.22. The van der Waals surface area contributed by atoms with E-state index in [0.717, 1.165) is 35.3 Å². The number of benzene rings is 2. The predicted molar refractivity (Wildman–Crippen MR) is 127 cm³/mol. The zero-order valence-corrected chi connectivity index (χ0v) is 19.3. The lowest BCUT2D eigenvalue weighted by molar-refractivity contribution is 0.415. The molecule has 1 aliphatic rings. The van der Waals surface area contributed by atoms with Crippen molar-refractivity contribution in [3.05, 3.63) is 64.8 Å². The van der Waals surface area contributed by atoms with E-state index in [1.165, 1.54) is 0 Å². The van der Waals surface area contributed by atoms with Crippen LogP contribution in [0.1, 0.15) is 24.0 Å². The van der Waals surface area contributed by atoms with Crippen LogP contribution < -0.4 is 20.1 Å². The van der Waals surface area contributed by atoms with Crippen LogP contribution in [-0.4, -0.2) is 30.7 Å². The van der Waals surface area contributed by atoms with Crippen LogP contribution in [0, 0.1) is 6.92 Å². The van der Waals surface area contributed by atoms with Gasteiger partial charge in [0.1, 0.15) is 11.6 Å². The molecule has 2 aromatic carbocycles. The van der Waals surface area contributed by atoms with Crippen molar-refractivity contribution in [1.82, 2.24) is 14.7 Å². The molecule has 1 fully saturated rings. The summed E-state index contributed by atoms with van der Waals surface area (Å²) in [6, 6.07) is 12.9. The lowest BCUT2D eigenvalue weighted by Crippen LogP contribution is -2.26. The Balaban J connectivity index is 1.46. The van der Waals surface area contributed by atoms with Crippen LogP contribution in [0.15, 0.2) is 48.7 Å². The van der Waals surface area contributed by atoms with E-state index < -0.39 is 10.0 Å². The number of aromatic nitrogens is 2. The van der Waals surface area contributed by atoms with Crippen molar-refractivity contribution in [3.8, 4) is 5.75 Å². The molecule has 4 rings (SSSR count). The number of nitrogens with one attached hydrogen (secondary N) is 3. The molecular formula is C22H24ClN5O3S. The number of ether oxygens (including phenoxy) is 1. The van der Waals surface area contributed by atoms with Crippen molar-refractivity contribution in [2.75, 3.05) is 17.7 Å². The minimum absolute atomic E-state index is 0.237. The number of rotatable bonds is 9. The summed E-state index contributed by atoms with van der Waals surface area (Å²) in [5, 5.41) is 6.67. The second kappa shape index (κ2) is 9.32. The molecule has 3 aromatic rings. The molecule has 0 saturated heterocycles. The monoisotopic (exact) mass is 473 g/mol. The van der Waals surface area contributed by atoms with Gasteiger partial charge in [0, 0.05) is 29.7 Å². The van der Waals surface area contributed by atoms with Crippen molar-refractivity contribution in [3.63, 3.8) is 0 Å². The van der Waals surface area contributed by atoms with Gasteiger partial charge in [-0.1, -0.05) is 23.7 Å². The highest BCUT2D eigenvalue weighted by Gasteiger charge is 2.35.